The van der Waals surface area contributed by atoms with Crippen LogP contribution in [0.1, 0.15) is 28.7 Å². The van der Waals surface area contributed by atoms with Crippen LogP contribution in [-0.4, -0.2) is 22.7 Å². The quantitative estimate of drug-likeness (QED) is 0.683. The Bertz CT molecular complexity index is 328. The average Bonchev–Trinajstić information content (AvgIpc) is 2.33. The number of aryl methyl sites for hydroxylation is 1. The fraction of sp³-hybridized carbons (Fsp3) is 0.444. The van der Waals surface area contributed by atoms with Crippen molar-refractivity contribution >= 4 is 5.97 Å². The van der Waals surface area contributed by atoms with Crippen LogP contribution in [0.25, 0.3) is 0 Å². The highest BCUT2D eigenvalue weighted by atomic mass is 16.5. The molecule has 1 heterocycles. The summed E-state index contributed by atoms with van der Waals surface area (Å²) in [5.74, 6) is -0.535. The van der Waals surface area contributed by atoms with Gasteiger partial charge in [-0.2, -0.15) is 0 Å². The van der Waals surface area contributed by atoms with Gasteiger partial charge in [0.25, 0.3) is 0 Å². The second-order valence-corrected chi connectivity index (χ2v) is 2.82. The van der Waals surface area contributed by atoms with Crippen LogP contribution in [0.5, 0.6) is 5.75 Å². The summed E-state index contributed by atoms with van der Waals surface area (Å²) in [5, 5.41) is 9.48. The number of carbonyl (C=O) groups excluding carboxylic acids is 1. The van der Waals surface area contributed by atoms with Crippen molar-refractivity contribution in [1.82, 2.24) is 4.98 Å². The van der Waals surface area contributed by atoms with Crippen LogP contribution in [0.4, 0.5) is 0 Å². The molecule has 2 N–H and O–H groups in total. The van der Waals surface area contributed by atoms with Crippen molar-refractivity contribution in [3.05, 3.63) is 17.0 Å². The summed E-state index contributed by atoms with van der Waals surface area (Å²) in [6.45, 7) is 5.55. The van der Waals surface area contributed by atoms with E-state index in [-0.39, 0.29) is 11.4 Å². The number of aromatic nitrogens is 1. The van der Waals surface area contributed by atoms with Crippen molar-refractivity contribution in [3.63, 3.8) is 0 Å². The Morgan fingerprint density at radius 1 is 1.54 bits per heavy atom. The van der Waals surface area contributed by atoms with Gasteiger partial charge in [0.15, 0.2) is 11.4 Å². The Hall–Kier alpha value is -1.45. The van der Waals surface area contributed by atoms with Crippen LogP contribution >= 0.6 is 0 Å². The molecule has 4 nitrogen and oxygen atoms in total. The largest absolute Gasteiger partial charge is 0.505 e. The number of nitrogens with one attached hydrogen (secondary N) is 1. The van der Waals surface area contributed by atoms with E-state index in [4.69, 9.17) is 4.74 Å². The number of rotatable bonds is 2. The van der Waals surface area contributed by atoms with Crippen molar-refractivity contribution in [2.75, 3.05) is 6.61 Å². The third-order valence-electron chi connectivity index (χ3n) is 1.95. The molecule has 0 saturated carbocycles. The van der Waals surface area contributed by atoms with Gasteiger partial charge in [-0.05, 0) is 20.8 Å². The minimum Gasteiger partial charge on any atom is -0.505 e. The summed E-state index contributed by atoms with van der Waals surface area (Å²) in [6, 6.07) is 0. The summed E-state index contributed by atoms with van der Waals surface area (Å²) in [4.78, 5) is 14.0. The van der Waals surface area contributed by atoms with E-state index in [9.17, 15) is 9.90 Å². The first-order valence-corrected chi connectivity index (χ1v) is 4.13. The van der Waals surface area contributed by atoms with Gasteiger partial charge in [0, 0.05) is 11.3 Å². The molecule has 0 unspecified atom stereocenters. The lowest BCUT2D eigenvalue weighted by Crippen LogP contribution is -2.05. The molecule has 0 radical (unpaired) electrons. The Kier molecular flexibility index (Phi) is 2.60. The summed E-state index contributed by atoms with van der Waals surface area (Å²) in [7, 11) is 0. The fourth-order valence-corrected chi connectivity index (χ4v) is 1.06. The average molecular weight is 183 g/mol. The SMILES string of the molecule is CCOC(=O)c1[nH]c(C)c(C)c1O. The molecule has 0 bridgehead atoms. The minimum absolute atomic E-state index is 0.0176. The lowest BCUT2D eigenvalue weighted by atomic mass is 10.2. The Labute approximate surface area is 76.5 Å². The number of aromatic hydroxyl groups is 1. The highest BCUT2D eigenvalue weighted by molar-refractivity contribution is 5.91. The normalized spacial score (nSPS) is 10.1. The van der Waals surface area contributed by atoms with E-state index in [0.717, 1.165) is 5.69 Å². The summed E-state index contributed by atoms with van der Waals surface area (Å²) < 4.78 is 4.75. The Morgan fingerprint density at radius 2 is 2.15 bits per heavy atom. The second kappa shape index (κ2) is 3.51. The maximum absolute atomic E-state index is 11.2. The molecule has 0 aliphatic rings. The van der Waals surface area contributed by atoms with Crippen molar-refractivity contribution in [1.29, 1.82) is 0 Å². The van der Waals surface area contributed by atoms with E-state index in [2.05, 4.69) is 4.98 Å². The van der Waals surface area contributed by atoms with Crippen LogP contribution < -0.4 is 0 Å². The van der Waals surface area contributed by atoms with Gasteiger partial charge in [-0.15, -0.1) is 0 Å². The smallest absolute Gasteiger partial charge is 0.358 e. The number of hydrogen-bond donors (Lipinski definition) is 2. The number of esters is 1. The number of carbonyl (C=O) groups is 1. The second-order valence-electron chi connectivity index (χ2n) is 2.82. The van der Waals surface area contributed by atoms with Gasteiger partial charge < -0.3 is 14.8 Å². The van der Waals surface area contributed by atoms with Crippen molar-refractivity contribution < 1.29 is 14.6 Å². The number of ether oxygens (including phenoxy) is 1. The zero-order valence-corrected chi connectivity index (χ0v) is 7.97. The molecule has 1 rings (SSSR count). The maximum Gasteiger partial charge on any atom is 0.358 e. The molecule has 0 aliphatic carbocycles. The molecule has 0 fully saturated rings. The predicted octanol–water partition coefficient (Wildman–Crippen LogP) is 1.51. The summed E-state index contributed by atoms with van der Waals surface area (Å²) >= 11 is 0. The molecule has 0 atom stereocenters. The van der Waals surface area contributed by atoms with Crippen molar-refractivity contribution in [2.45, 2.75) is 20.8 Å². The van der Waals surface area contributed by atoms with E-state index >= 15 is 0 Å². The molecule has 72 valence electrons. The molecule has 0 amide bonds. The number of hydrogen-bond acceptors (Lipinski definition) is 3. The van der Waals surface area contributed by atoms with Gasteiger partial charge in [-0.3, -0.25) is 0 Å². The van der Waals surface area contributed by atoms with E-state index in [1.54, 1.807) is 20.8 Å². The molecule has 0 spiro atoms. The molecule has 0 aliphatic heterocycles. The van der Waals surface area contributed by atoms with E-state index in [1.165, 1.54) is 0 Å². The Balaban J connectivity index is 3.01. The molecular formula is C9H13NO3. The van der Waals surface area contributed by atoms with Crippen molar-refractivity contribution in [2.24, 2.45) is 0 Å². The van der Waals surface area contributed by atoms with Gasteiger partial charge >= 0.3 is 5.97 Å². The predicted molar refractivity (Wildman–Crippen MR) is 47.9 cm³/mol. The molecule has 1 aromatic rings. The molecular weight excluding hydrogens is 170 g/mol. The third kappa shape index (κ3) is 1.66. The number of aromatic amines is 1. The summed E-state index contributed by atoms with van der Waals surface area (Å²) in [6.07, 6.45) is 0. The van der Waals surface area contributed by atoms with Gasteiger partial charge in [-0.1, -0.05) is 0 Å². The first-order chi connectivity index (χ1) is 6.07. The molecule has 0 saturated heterocycles. The van der Waals surface area contributed by atoms with Crippen molar-refractivity contribution in [3.8, 4) is 5.75 Å². The Morgan fingerprint density at radius 3 is 2.54 bits per heavy atom. The molecule has 0 aromatic carbocycles. The van der Waals surface area contributed by atoms with Crippen LogP contribution in [0.3, 0.4) is 0 Å². The zero-order chi connectivity index (χ0) is 10.0. The van der Waals surface area contributed by atoms with Crippen LogP contribution in [0.15, 0.2) is 0 Å². The van der Waals surface area contributed by atoms with Crippen LogP contribution in [-0.2, 0) is 4.74 Å². The third-order valence-corrected chi connectivity index (χ3v) is 1.95. The standard InChI is InChI=1S/C9H13NO3/c1-4-13-9(12)7-8(11)5(2)6(3)10-7/h10-11H,4H2,1-3H3. The van der Waals surface area contributed by atoms with E-state index in [0.29, 0.717) is 12.2 Å². The maximum atomic E-state index is 11.2. The molecule has 1 aromatic heterocycles. The highest BCUT2D eigenvalue weighted by Gasteiger charge is 2.17. The van der Waals surface area contributed by atoms with Gasteiger partial charge in [0.2, 0.25) is 0 Å². The van der Waals surface area contributed by atoms with Crippen LogP contribution in [0.2, 0.25) is 0 Å². The fourth-order valence-electron chi connectivity index (χ4n) is 1.06. The van der Waals surface area contributed by atoms with Crippen LogP contribution in [0, 0.1) is 13.8 Å². The van der Waals surface area contributed by atoms with Gasteiger partial charge in [0.1, 0.15) is 0 Å². The lowest BCUT2D eigenvalue weighted by Gasteiger charge is -1.98. The first-order valence-electron chi connectivity index (χ1n) is 4.13. The van der Waals surface area contributed by atoms with E-state index in [1.807, 2.05) is 0 Å². The van der Waals surface area contributed by atoms with Gasteiger partial charge in [-0.25, -0.2) is 4.79 Å². The zero-order valence-electron chi connectivity index (χ0n) is 7.97. The first kappa shape index (κ1) is 9.64. The lowest BCUT2D eigenvalue weighted by molar-refractivity contribution is 0.0516. The number of H-pyrrole nitrogens is 1. The van der Waals surface area contributed by atoms with Gasteiger partial charge in [0.05, 0.1) is 6.61 Å². The summed E-state index contributed by atoms with van der Waals surface area (Å²) in [5.41, 5.74) is 1.60. The van der Waals surface area contributed by atoms with E-state index < -0.39 is 5.97 Å². The topological polar surface area (TPSA) is 62.3 Å². The highest BCUT2D eigenvalue weighted by Crippen LogP contribution is 2.24. The minimum atomic E-state index is -0.517. The molecule has 4 heteroatoms. The molecule has 13 heavy (non-hydrogen) atoms. The monoisotopic (exact) mass is 183 g/mol.